The van der Waals surface area contributed by atoms with Gasteiger partial charge < -0.3 is 9.84 Å². The van der Waals surface area contributed by atoms with Crippen LogP contribution in [0.2, 0.25) is 0 Å². The third-order valence-corrected chi connectivity index (χ3v) is 2.91. The highest BCUT2D eigenvalue weighted by Gasteiger charge is 2.15. The molecule has 0 spiro atoms. The van der Waals surface area contributed by atoms with Gasteiger partial charge in [-0.15, -0.1) is 0 Å². The number of nitrogens with zero attached hydrogens (tertiary/aromatic N) is 2. The van der Waals surface area contributed by atoms with Crippen molar-refractivity contribution < 1.29 is 19.4 Å². The molecule has 0 saturated carbocycles. The maximum absolute atomic E-state index is 11.3. The number of aromatic carboxylic acids is 1. The number of ketones is 1. The van der Waals surface area contributed by atoms with E-state index in [0.29, 0.717) is 17.0 Å². The number of carbonyl (C=O) groups excluding carboxylic acids is 1. The maximum atomic E-state index is 11.3. The summed E-state index contributed by atoms with van der Waals surface area (Å²) in [6.07, 6.45) is 1.28. The second-order valence-electron chi connectivity index (χ2n) is 4.31. The SMILES string of the molecule is CC(=O)c1cccc(OCc2c(C(=O)O)cnn2C)c1. The van der Waals surface area contributed by atoms with Crippen LogP contribution < -0.4 is 4.74 Å². The summed E-state index contributed by atoms with van der Waals surface area (Å²) in [5.41, 5.74) is 1.12. The highest BCUT2D eigenvalue weighted by molar-refractivity contribution is 5.94. The molecule has 6 heteroatoms. The average Bonchev–Trinajstić information content (AvgIpc) is 2.78. The first-order valence-electron chi connectivity index (χ1n) is 5.97. The van der Waals surface area contributed by atoms with E-state index in [1.54, 1.807) is 31.3 Å². The van der Waals surface area contributed by atoms with E-state index in [9.17, 15) is 9.59 Å². The minimum Gasteiger partial charge on any atom is -0.487 e. The van der Waals surface area contributed by atoms with Crippen molar-refractivity contribution in [3.05, 3.63) is 47.3 Å². The summed E-state index contributed by atoms with van der Waals surface area (Å²) in [7, 11) is 1.65. The molecular formula is C14H14N2O4. The first-order chi connectivity index (χ1) is 9.49. The summed E-state index contributed by atoms with van der Waals surface area (Å²) in [6.45, 7) is 1.54. The van der Waals surface area contributed by atoms with E-state index in [-0.39, 0.29) is 18.0 Å². The Morgan fingerprint density at radius 3 is 2.80 bits per heavy atom. The van der Waals surface area contributed by atoms with Gasteiger partial charge >= 0.3 is 5.97 Å². The van der Waals surface area contributed by atoms with E-state index in [4.69, 9.17) is 9.84 Å². The Labute approximate surface area is 115 Å². The van der Waals surface area contributed by atoms with Gasteiger partial charge in [0.15, 0.2) is 5.78 Å². The number of hydrogen-bond donors (Lipinski definition) is 1. The molecule has 1 aromatic carbocycles. The molecular weight excluding hydrogens is 260 g/mol. The van der Waals surface area contributed by atoms with Gasteiger partial charge in [-0.25, -0.2) is 4.79 Å². The maximum Gasteiger partial charge on any atom is 0.339 e. The summed E-state index contributed by atoms with van der Waals surface area (Å²) >= 11 is 0. The molecule has 20 heavy (non-hydrogen) atoms. The van der Waals surface area contributed by atoms with Crippen molar-refractivity contribution in [3.8, 4) is 5.75 Å². The normalized spacial score (nSPS) is 10.3. The van der Waals surface area contributed by atoms with Gasteiger partial charge in [-0.2, -0.15) is 5.10 Å². The van der Waals surface area contributed by atoms with E-state index in [2.05, 4.69) is 5.10 Å². The summed E-state index contributed by atoms with van der Waals surface area (Å²) in [5.74, 6) is -0.591. The molecule has 0 fully saturated rings. The van der Waals surface area contributed by atoms with Crippen LogP contribution in [0.15, 0.2) is 30.5 Å². The van der Waals surface area contributed by atoms with Crippen LogP contribution in [0, 0.1) is 0 Å². The number of rotatable bonds is 5. The van der Waals surface area contributed by atoms with Gasteiger partial charge in [0.2, 0.25) is 0 Å². The first-order valence-corrected chi connectivity index (χ1v) is 5.97. The van der Waals surface area contributed by atoms with Gasteiger partial charge in [0.25, 0.3) is 0 Å². The lowest BCUT2D eigenvalue weighted by atomic mass is 10.1. The summed E-state index contributed by atoms with van der Waals surface area (Å²) in [4.78, 5) is 22.3. The predicted molar refractivity (Wildman–Crippen MR) is 70.9 cm³/mol. The van der Waals surface area contributed by atoms with E-state index in [0.717, 1.165) is 0 Å². The number of carbonyl (C=O) groups is 2. The monoisotopic (exact) mass is 274 g/mol. The van der Waals surface area contributed by atoms with Crippen LogP contribution >= 0.6 is 0 Å². The summed E-state index contributed by atoms with van der Waals surface area (Å²) in [5, 5.41) is 12.9. The lowest BCUT2D eigenvalue weighted by molar-refractivity contribution is 0.0693. The molecule has 2 rings (SSSR count). The quantitative estimate of drug-likeness (QED) is 0.842. The summed E-state index contributed by atoms with van der Waals surface area (Å²) in [6, 6.07) is 6.75. The first kappa shape index (κ1) is 13.8. The molecule has 0 saturated heterocycles. The van der Waals surface area contributed by atoms with Crippen molar-refractivity contribution in [1.29, 1.82) is 0 Å². The fourth-order valence-corrected chi connectivity index (χ4v) is 1.77. The molecule has 0 aliphatic heterocycles. The second-order valence-corrected chi connectivity index (χ2v) is 4.31. The third kappa shape index (κ3) is 2.85. The Balaban J connectivity index is 2.17. The zero-order valence-electron chi connectivity index (χ0n) is 11.2. The van der Waals surface area contributed by atoms with Gasteiger partial charge in [0.05, 0.1) is 11.9 Å². The fourth-order valence-electron chi connectivity index (χ4n) is 1.77. The van der Waals surface area contributed by atoms with Gasteiger partial charge in [-0.05, 0) is 19.1 Å². The van der Waals surface area contributed by atoms with Crippen LogP contribution in [0.4, 0.5) is 0 Å². The van der Waals surface area contributed by atoms with Crippen LogP contribution in [0.1, 0.15) is 33.3 Å². The molecule has 2 aromatic rings. The molecule has 1 N–H and O–H groups in total. The molecule has 0 unspecified atom stereocenters. The zero-order valence-corrected chi connectivity index (χ0v) is 11.2. The number of aryl methyl sites for hydroxylation is 1. The van der Waals surface area contributed by atoms with E-state index in [1.165, 1.54) is 17.8 Å². The van der Waals surface area contributed by atoms with E-state index < -0.39 is 5.97 Å². The van der Waals surface area contributed by atoms with Gasteiger partial charge in [-0.1, -0.05) is 12.1 Å². The Kier molecular flexibility index (Phi) is 3.84. The highest BCUT2D eigenvalue weighted by Crippen LogP contribution is 2.17. The number of hydrogen-bond acceptors (Lipinski definition) is 4. The molecule has 0 radical (unpaired) electrons. The third-order valence-electron chi connectivity index (χ3n) is 2.91. The van der Waals surface area contributed by atoms with Crippen LogP contribution in [0.25, 0.3) is 0 Å². The van der Waals surface area contributed by atoms with Crippen molar-refractivity contribution >= 4 is 11.8 Å². The molecule has 6 nitrogen and oxygen atoms in total. The molecule has 0 atom stereocenters. The van der Waals surface area contributed by atoms with Crippen LogP contribution in [0.5, 0.6) is 5.75 Å². The largest absolute Gasteiger partial charge is 0.487 e. The van der Waals surface area contributed by atoms with Crippen LogP contribution in [-0.4, -0.2) is 26.6 Å². The number of Topliss-reactive ketones (excluding diaryl/α,β-unsaturated/α-hetero) is 1. The van der Waals surface area contributed by atoms with Gasteiger partial charge in [0.1, 0.15) is 17.9 Å². The lowest BCUT2D eigenvalue weighted by Gasteiger charge is -2.08. The fraction of sp³-hybridized carbons (Fsp3) is 0.214. The highest BCUT2D eigenvalue weighted by atomic mass is 16.5. The minimum atomic E-state index is -1.05. The topological polar surface area (TPSA) is 81.4 Å². The molecule has 0 aliphatic carbocycles. The zero-order chi connectivity index (χ0) is 14.7. The van der Waals surface area contributed by atoms with Gasteiger partial charge in [-0.3, -0.25) is 9.48 Å². The Morgan fingerprint density at radius 1 is 1.40 bits per heavy atom. The van der Waals surface area contributed by atoms with E-state index in [1.807, 2.05) is 0 Å². The Hall–Kier alpha value is -2.63. The molecule has 0 bridgehead atoms. The molecule has 104 valence electrons. The predicted octanol–water partition coefficient (Wildman–Crippen LogP) is 1.90. The number of ether oxygens (including phenoxy) is 1. The van der Waals surface area contributed by atoms with Gasteiger partial charge in [0, 0.05) is 12.6 Å². The number of benzene rings is 1. The van der Waals surface area contributed by atoms with E-state index >= 15 is 0 Å². The second kappa shape index (κ2) is 5.56. The van der Waals surface area contributed by atoms with Crippen LogP contribution in [-0.2, 0) is 13.7 Å². The van der Waals surface area contributed by atoms with Crippen molar-refractivity contribution in [2.45, 2.75) is 13.5 Å². The van der Waals surface area contributed by atoms with Crippen LogP contribution in [0.3, 0.4) is 0 Å². The molecule has 0 amide bonds. The lowest BCUT2D eigenvalue weighted by Crippen LogP contribution is -2.08. The Morgan fingerprint density at radius 2 is 2.15 bits per heavy atom. The average molecular weight is 274 g/mol. The number of aromatic nitrogens is 2. The van der Waals surface area contributed by atoms with Crippen molar-refractivity contribution in [2.24, 2.45) is 7.05 Å². The molecule has 1 aromatic heterocycles. The van der Waals surface area contributed by atoms with Crippen molar-refractivity contribution in [1.82, 2.24) is 9.78 Å². The Bertz CT molecular complexity index is 661. The standard InChI is InChI=1S/C14H14N2O4/c1-9(17)10-4-3-5-11(6-10)20-8-13-12(14(18)19)7-15-16(13)2/h3-7H,8H2,1-2H3,(H,18,19). The molecule has 1 heterocycles. The summed E-state index contributed by atoms with van der Waals surface area (Å²) < 4.78 is 6.99. The minimum absolute atomic E-state index is 0.0535. The van der Waals surface area contributed by atoms with Crippen molar-refractivity contribution in [3.63, 3.8) is 0 Å². The molecule has 0 aliphatic rings. The smallest absolute Gasteiger partial charge is 0.339 e. The number of carboxylic acid groups (broad SMARTS) is 1. The van der Waals surface area contributed by atoms with Crippen molar-refractivity contribution in [2.75, 3.05) is 0 Å². The number of carboxylic acids is 1.